The molecule has 0 unspecified atom stereocenters. The second kappa shape index (κ2) is 4.74. The predicted octanol–water partition coefficient (Wildman–Crippen LogP) is 3.07. The van der Waals surface area contributed by atoms with Gasteiger partial charge in [-0.15, -0.1) is 0 Å². The highest BCUT2D eigenvalue weighted by Gasteiger charge is 2.14. The number of pyridine rings is 1. The predicted molar refractivity (Wildman–Crippen MR) is 69.3 cm³/mol. The van der Waals surface area contributed by atoms with Crippen molar-refractivity contribution in [2.45, 2.75) is 10.2 Å². The van der Waals surface area contributed by atoms with Gasteiger partial charge in [-0.05, 0) is 11.8 Å². The molecule has 3 aromatic rings. The largest absolute Gasteiger partial charge is 0.478 e. The summed E-state index contributed by atoms with van der Waals surface area (Å²) in [6, 6.07) is 7.24. The summed E-state index contributed by atoms with van der Waals surface area (Å²) in [5, 5.41) is 11.7. The molecular weight excluding hydrogens is 264 g/mol. The van der Waals surface area contributed by atoms with Crippen LogP contribution in [0.25, 0.3) is 10.8 Å². The van der Waals surface area contributed by atoms with Gasteiger partial charge in [-0.2, -0.15) is 0 Å². The van der Waals surface area contributed by atoms with Gasteiger partial charge in [-0.1, -0.05) is 24.3 Å². The number of nitrogens with zero attached hydrogens (tertiary/aromatic N) is 2. The van der Waals surface area contributed by atoms with E-state index < -0.39 is 5.97 Å². The van der Waals surface area contributed by atoms with Gasteiger partial charge >= 0.3 is 5.97 Å². The van der Waals surface area contributed by atoms with Gasteiger partial charge in [0.15, 0.2) is 0 Å². The summed E-state index contributed by atoms with van der Waals surface area (Å²) < 4.78 is 5.16. The van der Waals surface area contributed by atoms with E-state index in [1.807, 2.05) is 12.1 Å². The Morgan fingerprint density at radius 1 is 1.21 bits per heavy atom. The Morgan fingerprint density at radius 2 is 2.00 bits per heavy atom. The van der Waals surface area contributed by atoms with Crippen molar-refractivity contribution in [3.05, 3.63) is 48.5 Å². The normalized spacial score (nSPS) is 10.7. The average molecular weight is 272 g/mol. The van der Waals surface area contributed by atoms with E-state index >= 15 is 0 Å². The number of hydrogen-bond donors (Lipinski definition) is 1. The first-order valence-electron chi connectivity index (χ1n) is 5.44. The summed E-state index contributed by atoms with van der Waals surface area (Å²) in [5.74, 6) is -0.989. The summed E-state index contributed by atoms with van der Waals surface area (Å²) in [4.78, 5) is 19.4. The monoisotopic (exact) mass is 272 g/mol. The molecule has 0 aliphatic rings. The van der Waals surface area contributed by atoms with Crippen LogP contribution in [-0.4, -0.2) is 21.0 Å². The summed E-state index contributed by atoms with van der Waals surface area (Å²) >= 11 is 1.26. The molecule has 19 heavy (non-hydrogen) atoms. The van der Waals surface area contributed by atoms with Gasteiger partial charge in [-0.3, -0.25) is 0 Å². The molecule has 6 heteroatoms. The van der Waals surface area contributed by atoms with Crippen molar-refractivity contribution in [3.63, 3.8) is 0 Å². The van der Waals surface area contributed by atoms with Crippen LogP contribution in [0.4, 0.5) is 0 Å². The molecule has 0 fully saturated rings. The van der Waals surface area contributed by atoms with Crippen molar-refractivity contribution in [1.82, 2.24) is 9.97 Å². The van der Waals surface area contributed by atoms with Gasteiger partial charge in [0.25, 0.3) is 5.22 Å². The van der Waals surface area contributed by atoms with Crippen molar-refractivity contribution >= 4 is 28.5 Å². The van der Waals surface area contributed by atoms with Crippen molar-refractivity contribution < 1.29 is 14.3 Å². The third kappa shape index (κ3) is 2.17. The van der Waals surface area contributed by atoms with Crippen LogP contribution in [0.3, 0.4) is 0 Å². The number of hydrogen-bond acceptors (Lipinski definition) is 5. The molecule has 0 saturated carbocycles. The summed E-state index contributed by atoms with van der Waals surface area (Å²) in [6.45, 7) is 0. The lowest BCUT2D eigenvalue weighted by molar-refractivity contribution is 0.0698. The lowest BCUT2D eigenvalue weighted by Gasteiger charge is -2.05. The Balaban J connectivity index is 2.16. The maximum atomic E-state index is 11.2. The van der Waals surface area contributed by atoms with E-state index in [0.29, 0.717) is 15.6 Å². The molecule has 3 rings (SSSR count). The van der Waals surface area contributed by atoms with Crippen LogP contribution in [0.1, 0.15) is 10.4 Å². The number of carbonyl (C=O) groups is 1. The number of rotatable bonds is 3. The number of benzene rings is 1. The number of aromatic carboxylic acids is 1. The molecule has 0 amide bonds. The molecule has 2 heterocycles. The molecule has 1 aromatic carbocycles. The first-order chi connectivity index (χ1) is 9.25. The fourth-order valence-corrected chi connectivity index (χ4v) is 2.54. The topological polar surface area (TPSA) is 76.2 Å². The quantitative estimate of drug-likeness (QED) is 0.789. The van der Waals surface area contributed by atoms with Crippen LogP contribution in [0, 0.1) is 0 Å². The second-order valence-electron chi connectivity index (χ2n) is 3.73. The van der Waals surface area contributed by atoms with E-state index in [1.54, 1.807) is 18.3 Å². The van der Waals surface area contributed by atoms with E-state index in [9.17, 15) is 4.79 Å². The van der Waals surface area contributed by atoms with Crippen molar-refractivity contribution in [2.75, 3.05) is 0 Å². The Kier molecular flexibility index (Phi) is 2.92. The smallest absolute Gasteiger partial charge is 0.337 e. The van der Waals surface area contributed by atoms with Gasteiger partial charge < -0.3 is 9.52 Å². The number of carboxylic acids is 1. The molecule has 94 valence electrons. The maximum Gasteiger partial charge on any atom is 0.337 e. The average Bonchev–Trinajstić information content (AvgIpc) is 2.91. The van der Waals surface area contributed by atoms with Gasteiger partial charge in [-0.25, -0.2) is 14.8 Å². The molecule has 0 aliphatic carbocycles. The first kappa shape index (κ1) is 11.7. The molecule has 0 bridgehead atoms. The Hall–Kier alpha value is -2.34. The SMILES string of the molecule is O=C(O)c1cnc(Sc2ncco2)c2ccccc12. The van der Waals surface area contributed by atoms with Crippen LogP contribution in [0.15, 0.2) is 57.6 Å². The zero-order valence-corrected chi connectivity index (χ0v) is 10.4. The summed E-state index contributed by atoms with van der Waals surface area (Å²) in [6.07, 6.45) is 4.39. The molecule has 2 aromatic heterocycles. The van der Waals surface area contributed by atoms with E-state index in [0.717, 1.165) is 5.39 Å². The van der Waals surface area contributed by atoms with Crippen molar-refractivity contribution in [3.8, 4) is 0 Å². The highest BCUT2D eigenvalue weighted by atomic mass is 32.2. The number of oxazole rings is 1. The molecule has 1 N–H and O–H groups in total. The third-order valence-electron chi connectivity index (χ3n) is 2.58. The summed E-state index contributed by atoms with van der Waals surface area (Å²) in [5.41, 5.74) is 0.187. The fourth-order valence-electron chi connectivity index (χ4n) is 1.76. The second-order valence-corrected chi connectivity index (χ2v) is 4.67. The number of aromatic nitrogens is 2. The first-order valence-corrected chi connectivity index (χ1v) is 6.26. The lowest BCUT2D eigenvalue weighted by atomic mass is 10.1. The minimum absolute atomic E-state index is 0.187. The minimum Gasteiger partial charge on any atom is -0.478 e. The minimum atomic E-state index is -0.989. The Bertz CT molecular complexity index is 741. The van der Waals surface area contributed by atoms with Crippen LogP contribution in [0.2, 0.25) is 0 Å². The van der Waals surface area contributed by atoms with Gasteiger partial charge in [0.05, 0.1) is 11.8 Å². The standard InChI is InChI=1S/C13H8N2O3S/c16-12(17)10-7-15-11(19-13-14-5-6-18-13)9-4-2-1-3-8(9)10/h1-7H,(H,16,17). The zero-order valence-electron chi connectivity index (χ0n) is 9.61. The van der Waals surface area contributed by atoms with E-state index in [4.69, 9.17) is 9.52 Å². The van der Waals surface area contributed by atoms with Crippen LogP contribution >= 0.6 is 11.8 Å². The van der Waals surface area contributed by atoms with E-state index in [1.165, 1.54) is 24.2 Å². The molecule has 0 aliphatic heterocycles. The lowest BCUT2D eigenvalue weighted by Crippen LogP contribution is -1.99. The Morgan fingerprint density at radius 3 is 2.68 bits per heavy atom. The summed E-state index contributed by atoms with van der Waals surface area (Å²) in [7, 11) is 0. The molecule has 0 spiro atoms. The van der Waals surface area contributed by atoms with Crippen molar-refractivity contribution in [1.29, 1.82) is 0 Å². The molecule has 5 nitrogen and oxygen atoms in total. The number of fused-ring (bicyclic) bond motifs is 1. The highest BCUT2D eigenvalue weighted by Crippen LogP contribution is 2.32. The van der Waals surface area contributed by atoms with Gasteiger partial charge in [0.2, 0.25) is 0 Å². The maximum absolute atomic E-state index is 11.2. The zero-order chi connectivity index (χ0) is 13.2. The fraction of sp³-hybridized carbons (Fsp3) is 0. The van der Waals surface area contributed by atoms with Crippen LogP contribution < -0.4 is 0 Å². The molecule has 0 radical (unpaired) electrons. The molecule has 0 saturated heterocycles. The van der Waals surface area contributed by atoms with Crippen LogP contribution in [0.5, 0.6) is 0 Å². The highest BCUT2D eigenvalue weighted by molar-refractivity contribution is 7.99. The third-order valence-corrected chi connectivity index (χ3v) is 3.48. The number of carboxylic acid groups (broad SMARTS) is 1. The molecular formula is C13H8N2O3S. The Labute approximate surface area is 112 Å². The van der Waals surface area contributed by atoms with E-state index in [2.05, 4.69) is 9.97 Å². The van der Waals surface area contributed by atoms with Gasteiger partial charge in [0.1, 0.15) is 11.3 Å². The van der Waals surface area contributed by atoms with Crippen LogP contribution in [-0.2, 0) is 0 Å². The van der Waals surface area contributed by atoms with Crippen molar-refractivity contribution in [2.24, 2.45) is 0 Å². The van der Waals surface area contributed by atoms with E-state index in [-0.39, 0.29) is 5.56 Å². The van der Waals surface area contributed by atoms with Gasteiger partial charge in [0, 0.05) is 17.0 Å². The molecule has 0 atom stereocenters.